The van der Waals surface area contributed by atoms with Crippen LogP contribution in [0.25, 0.3) is 0 Å². The van der Waals surface area contributed by atoms with E-state index in [1.807, 2.05) is 0 Å². The van der Waals surface area contributed by atoms with Gasteiger partial charge >= 0.3 is 5.97 Å². The Bertz CT molecular complexity index is 709. The van der Waals surface area contributed by atoms with Crippen molar-refractivity contribution in [2.75, 3.05) is 6.61 Å². The van der Waals surface area contributed by atoms with Crippen LogP contribution in [0.2, 0.25) is 5.02 Å². The van der Waals surface area contributed by atoms with Crippen LogP contribution >= 0.6 is 11.6 Å². The van der Waals surface area contributed by atoms with E-state index < -0.39 is 24.2 Å². The van der Waals surface area contributed by atoms with Gasteiger partial charge in [-0.15, -0.1) is 0 Å². The number of benzene rings is 1. The minimum absolute atomic E-state index is 0.0337. The quantitative estimate of drug-likeness (QED) is 0.301. The van der Waals surface area contributed by atoms with Crippen molar-refractivity contribution in [3.05, 3.63) is 46.0 Å². The summed E-state index contributed by atoms with van der Waals surface area (Å²) in [6, 6.07) is 4.01. The highest BCUT2D eigenvalue weighted by Gasteiger charge is 2.26. The first-order valence-electron chi connectivity index (χ1n) is 7.27. The highest BCUT2D eigenvalue weighted by atomic mass is 35.5. The number of hydrogen-bond donors (Lipinski definition) is 3. The van der Waals surface area contributed by atoms with E-state index >= 15 is 0 Å². The van der Waals surface area contributed by atoms with Crippen LogP contribution in [0.5, 0.6) is 0 Å². The molecule has 1 saturated carbocycles. The van der Waals surface area contributed by atoms with E-state index in [1.54, 1.807) is 0 Å². The number of ketones is 1. The van der Waals surface area contributed by atoms with E-state index in [9.17, 15) is 14.0 Å². The molecule has 1 fully saturated rings. The van der Waals surface area contributed by atoms with Crippen molar-refractivity contribution in [1.29, 1.82) is 5.41 Å². The van der Waals surface area contributed by atoms with E-state index in [0.29, 0.717) is 0 Å². The molecule has 2 rings (SSSR count). The normalized spacial score (nSPS) is 14.6. The van der Waals surface area contributed by atoms with Crippen LogP contribution in [-0.4, -0.2) is 30.1 Å². The lowest BCUT2D eigenvalue weighted by Gasteiger charge is -2.12. The molecule has 6 nitrogen and oxygen atoms in total. The van der Waals surface area contributed by atoms with Crippen molar-refractivity contribution < 1.29 is 18.7 Å². The summed E-state index contributed by atoms with van der Waals surface area (Å²) in [5.41, 5.74) is 5.21. The molecule has 0 aliphatic heterocycles. The highest BCUT2D eigenvalue weighted by molar-refractivity contribution is 6.34. The minimum Gasteiger partial charge on any atom is -0.454 e. The zero-order valence-electron chi connectivity index (χ0n) is 13.0. The van der Waals surface area contributed by atoms with Crippen LogP contribution in [0.3, 0.4) is 0 Å². The first kappa shape index (κ1) is 17.9. The average molecular weight is 354 g/mol. The molecule has 4 N–H and O–H groups in total. The van der Waals surface area contributed by atoms with Gasteiger partial charge in [0.15, 0.2) is 6.61 Å². The van der Waals surface area contributed by atoms with Crippen molar-refractivity contribution in [1.82, 2.24) is 5.32 Å². The van der Waals surface area contributed by atoms with Crippen LogP contribution < -0.4 is 11.1 Å². The largest absolute Gasteiger partial charge is 0.454 e. The Morgan fingerprint density at radius 1 is 1.46 bits per heavy atom. The smallest absolute Gasteiger partial charge is 0.344 e. The van der Waals surface area contributed by atoms with Crippen LogP contribution in [0, 0.1) is 11.2 Å². The first-order chi connectivity index (χ1) is 11.3. The van der Waals surface area contributed by atoms with Crippen LogP contribution in [0.4, 0.5) is 4.39 Å². The standard InChI is InChI=1S/C16H17ClFN3O3/c1-8(19)13(15(20)21-9-5-6-9)16(23)24-7-12(22)14-10(17)3-2-4-11(14)18/h2-4,9,19,21H,5-7,20H2,1H3/b15-13+,19-8?. The fourth-order valence-corrected chi connectivity index (χ4v) is 2.29. The Labute approximate surface area is 143 Å². The summed E-state index contributed by atoms with van der Waals surface area (Å²) in [5.74, 6) is -2.46. The SMILES string of the molecule is CC(=N)/C(C(=O)OCC(=O)c1c(F)cccc1Cl)=C(/N)NC1CC1. The molecule has 128 valence electrons. The molecule has 1 aliphatic carbocycles. The number of hydrogen-bond acceptors (Lipinski definition) is 6. The maximum absolute atomic E-state index is 13.7. The predicted molar refractivity (Wildman–Crippen MR) is 87.5 cm³/mol. The van der Waals surface area contributed by atoms with Crippen molar-refractivity contribution in [2.24, 2.45) is 5.73 Å². The van der Waals surface area contributed by atoms with Gasteiger partial charge in [0.05, 0.1) is 10.6 Å². The molecule has 0 radical (unpaired) electrons. The number of rotatable bonds is 7. The molecule has 0 aromatic heterocycles. The van der Waals surface area contributed by atoms with Crippen molar-refractivity contribution in [3.8, 4) is 0 Å². The second kappa shape index (κ2) is 7.44. The summed E-state index contributed by atoms with van der Waals surface area (Å²) in [6.07, 6.45) is 1.87. The van der Waals surface area contributed by atoms with Crippen molar-refractivity contribution in [3.63, 3.8) is 0 Å². The molecule has 0 spiro atoms. The molecule has 1 aliphatic rings. The lowest BCUT2D eigenvalue weighted by atomic mass is 10.1. The Hall–Kier alpha value is -2.41. The van der Waals surface area contributed by atoms with Crippen LogP contribution in [0.1, 0.15) is 30.1 Å². The number of esters is 1. The number of nitrogens with one attached hydrogen (secondary N) is 2. The molecule has 1 aromatic rings. The van der Waals surface area contributed by atoms with E-state index in [1.165, 1.54) is 19.1 Å². The molecule has 0 amide bonds. The Morgan fingerprint density at radius 2 is 2.12 bits per heavy atom. The number of nitrogens with two attached hydrogens (primary N) is 1. The van der Waals surface area contributed by atoms with Gasteiger partial charge in [-0.25, -0.2) is 9.18 Å². The zero-order valence-corrected chi connectivity index (χ0v) is 13.7. The van der Waals surface area contributed by atoms with Gasteiger partial charge in [-0.3, -0.25) is 4.79 Å². The zero-order chi connectivity index (χ0) is 17.9. The van der Waals surface area contributed by atoms with Crippen molar-refractivity contribution in [2.45, 2.75) is 25.8 Å². The summed E-state index contributed by atoms with van der Waals surface area (Å²) in [6.45, 7) is 0.681. The second-order valence-corrected chi connectivity index (χ2v) is 5.84. The van der Waals surface area contributed by atoms with E-state index in [-0.39, 0.29) is 33.7 Å². The van der Waals surface area contributed by atoms with E-state index in [4.69, 9.17) is 27.5 Å². The maximum Gasteiger partial charge on any atom is 0.344 e. The molecule has 24 heavy (non-hydrogen) atoms. The molecule has 0 heterocycles. The fourth-order valence-electron chi connectivity index (χ4n) is 2.02. The molecule has 0 atom stereocenters. The summed E-state index contributed by atoms with van der Waals surface area (Å²) in [5, 5.41) is 10.5. The molecular weight excluding hydrogens is 337 g/mol. The first-order valence-corrected chi connectivity index (χ1v) is 7.65. The third-order valence-electron chi connectivity index (χ3n) is 3.36. The molecular formula is C16H17ClFN3O3. The number of Topliss-reactive ketones (excluding diaryl/α,β-unsaturated/α-hetero) is 1. The molecule has 1 aromatic carbocycles. The number of ether oxygens (including phenoxy) is 1. The Kier molecular flexibility index (Phi) is 5.56. The van der Waals surface area contributed by atoms with Gasteiger partial charge < -0.3 is 21.2 Å². The maximum atomic E-state index is 13.7. The molecule has 0 saturated heterocycles. The minimum atomic E-state index is -0.922. The molecule has 0 unspecified atom stereocenters. The summed E-state index contributed by atoms with van der Waals surface area (Å²) < 4.78 is 18.6. The van der Waals surface area contributed by atoms with Crippen molar-refractivity contribution >= 4 is 29.1 Å². The third-order valence-corrected chi connectivity index (χ3v) is 3.68. The average Bonchev–Trinajstić information content (AvgIpc) is 3.28. The van der Waals surface area contributed by atoms with E-state index in [2.05, 4.69) is 5.32 Å². The Morgan fingerprint density at radius 3 is 2.67 bits per heavy atom. The summed E-state index contributed by atoms with van der Waals surface area (Å²) in [4.78, 5) is 24.1. The number of carbonyl (C=O) groups excluding carboxylic acids is 2. The monoisotopic (exact) mass is 353 g/mol. The van der Waals surface area contributed by atoms with Gasteiger partial charge in [0.2, 0.25) is 5.78 Å². The van der Waals surface area contributed by atoms with Gasteiger partial charge in [-0.2, -0.15) is 0 Å². The number of carbonyl (C=O) groups is 2. The van der Waals surface area contributed by atoms with Crippen LogP contribution in [0.15, 0.2) is 29.6 Å². The number of halogens is 2. The highest BCUT2D eigenvalue weighted by Crippen LogP contribution is 2.21. The molecule has 8 heteroatoms. The fraction of sp³-hybridized carbons (Fsp3) is 0.312. The van der Waals surface area contributed by atoms with Gasteiger partial charge in [-0.1, -0.05) is 17.7 Å². The summed E-state index contributed by atoms with van der Waals surface area (Å²) >= 11 is 5.79. The van der Waals surface area contributed by atoms with Gasteiger partial charge in [0.25, 0.3) is 0 Å². The summed E-state index contributed by atoms with van der Waals surface area (Å²) in [7, 11) is 0. The lowest BCUT2D eigenvalue weighted by Crippen LogP contribution is -2.30. The lowest BCUT2D eigenvalue weighted by molar-refractivity contribution is -0.137. The van der Waals surface area contributed by atoms with Gasteiger partial charge in [-0.05, 0) is 31.9 Å². The predicted octanol–water partition coefficient (Wildman–Crippen LogP) is 2.17. The van der Waals surface area contributed by atoms with E-state index in [0.717, 1.165) is 18.9 Å². The molecule has 0 bridgehead atoms. The van der Waals surface area contributed by atoms with Gasteiger partial charge in [0, 0.05) is 11.8 Å². The second-order valence-electron chi connectivity index (χ2n) is 5.43. The third kappa shape index (κ3) is 4.32. The topological polar surface area (TPSA) is 105 Å². The van der Waals surface area contributed by atoms with Gasteiger partial charge in [0.1, 0.15) is 17.2 Å². The van der Waals surface area contributed by atoms with Crippen LogP contribution in [-0.2, 0) is 9.53 Å². The Balaban J connectivity index is 2.07.